The molecule has 0 spiro atoms. The van der Waals surface area contributed by atoms with Crippen LogP contribution in [0.1, 0.15) is 6.04 Å². The van der Waals surface area contributed by atoms with Crippen molar-refractivity contribution in [2.75, 3.05) is 11.5 Å². The van der Waals surface area contributed by atoms with Crippen molar-refractivity contribution in [3.8, 4) is 34.0 Å². The molecule has 0 aliphatic carbocycles. The predicted octanol–water partition coefficient (Wildman–Crippen LogP) is 3.99. The molecule has 0 N–H and O–H groups in total. The molecule has 6 rings (SSSR count). The Hall–Kier alpha value is -3.44. The Balaban J connectivity index is 1.53. The van der Waals surface area contributed by atoms with Crippen molar-refractivity contribution in [3.63, 3.8) is 0 Å². The molecule has 160 valence electrons. The van der Waals surface area contributed by atoms with Crippen molar-refractivity contribution in [1.82, 2.24) is 24.1 Å². The summed E-state index contributed by atoms with van der Waals surface area (Å²) in [6, 6.07) is 9.43. The van der Waals surface area contributed by atoms with Gasteiger partial charge in [0.1, 0.15) is 23.5 Å². The number of nitrogens with zero attached hydrogens (tertiary/aromatic N) is 5. The summed E-state index contributed by atoms with van der Waals surface area (Å²) >= 11 is 1.32. The maximum atomic E-state index is 13.5. The Kier molecular flexibility index (Phi) is 4.24. The van der Waals surface area contributed by atoms with E-state index >= 15 is 0 Å². The Morgan fingerprint density at radius 3 is 2.62 bits per heavy atom. The van der Waals surface area contributed by atoms with Crippen molar-refractivity contribution in [3.05, 3.63) is 60.1 Å². The molecule has 0 bridgehead atoms. The van der Waals surface area contributed by atoms with Gasteiger partial charge in [0.25, 0.3) is 0 Å². The van der Waals surface area contributed by atoms with Crippen LogP contribution in [0.25, 0.3) is 45.1 Å². The van der Waals surface area contributed by atoms with E-state index in [1.165, 1.54) is 30.0 Å². The molecule has 5 aromatic rings. The molecule has 1 saturated heterocycles. The van der Waals surface area contributed by atoms with Crippen molar-refractivity contribution in [2.45, 2.75) is 6.04 Å². The Bertz CT molecular complexity index is 1550. The van der Waals surface area contributed by atoms with Crippen LogP contribution in [0.2, 0.25) is 0 Å². The number of furan rings is 1. The van der Waals surface area contributed by atoms with Crippen molar-refractivity contribution >= 4 is 32.5 Å². The van der Waals surface area contributed by atoms with Gasteiger partial charge in [-0.1, -0.05) is 0 Å². The average Bonchev–Trinajstić information content (AvgIpc) is 3.50. The highest BCUT2D eigenvalue weighted by Crippen LogP contribution is 2.38. The third-order valence-electron chi connectivity index (χ3n) is 5.39. The summed E-state index contributed by atoms with van der Waals surface area (Å²) in [6.07, 6.45) is 3.20. The van der Waals surface area contributed by atoms with E-state index in [0.717, 1.165) is 0 Å². The minimum atomic E-state index is -3.03. The van der Waals surface area contributed by atoms with Crippen LogP contribution in [0.4, 0.5) is 4.39 Å². The van der Waals surface area contributed by atoms with Gasteiger partial charge < -0.3 is 4.42 Å². The smallest absolute Gasteiger partial charge is 0.230 e. The van der Waals surface area contributed by atoms with Crippen LogP contribution in [-0.4, -0.2) is 44.0 Å². The van der Waals surface area contributed by atoms with Crippen molar-refractivity contribution < 1.29 is 17.2 Å². The molecular formula is C21H14FN5O3S2. The molecule has 0 atom stereocenters. The number of halogens is 1. The number of hydrogen-bond donors (Lipinski definition) is 0. The summed E-state index contributed by atoms with van der Waals surface area (Å²) < 4.78 is 48.8. The number of benzene rings is 1. The van der Waals surface area contributed by atoms with Gasteiger partial charge >= 0.3 is 0 Å². The molecule has 8 nitrogen and oxygen atoms in total. The number of aromatic nitrogens is 5. The average molecular weight is 468 g/mol. The first-order chi connectivity index (χ1) is 15.5. The molecule has 1 fully saturated rings. The summed E-state index contributed by atoms with van der Waals surface area (Å²) in [6.45, 7) is 0. The van der Waals surface area contributed by atoms with Gasteiger partial charge in [0.2, 0.25) is 5.71 Å². The zero-order chi connectivity index (χ0) is 21.9. The quantitative estimate of drug-likeness (QED) is 0.394. The fraction of sp³-hybridized carbons (Fsp3) is 0.143. The molecular weight excluding hydrogens is 453 g/mol. The SMILES string of the molecule is O=S1(=O)CC(n2cc(-c3ncnc4oc(-c5ccsn5)cc34)c(-c3ccc(F)cc3)n2)C1. The van der Waals surface area contributed by atoms with E-state index in [1.807, 2.05) is 17.5 Å². The van der Waals surface area contributed by atoms with Crippen LogP contribution < -0.4 is 0 Å². The third-order valence-corrected chi connectivity index (χ3v) is 7.74. The normalized spacial score (nSPS) is 15.8. The summed E-state index contributed by atoms with van der Waals surface area (Å²) in [5.41, 5.74) is 3.64. The van der Waals surface area contributed by atoms with E-state index in [-0.39, 0.29) is 23.4 Å². The second-order valence-corrected chi connectivity index (χ2v) is 10.4. The molecule has 32 heavy (non-hydrogen) atoms. The van der Waals surface area contributed by atoms with Crippen molar-refractivity contribution in [1.29, 1.82) is 0 Å². The zero-order valence-corrected chi connectivity index (χ0v) is 18.0. The largest absolute Gasteiger partial charge is 0.436 e. The minimum Gasteiger partial charge on any atom is -0.436 e. The van der Waals surface area contributed by atoms with Crippen molar-refractivity contribution in [2.24, 2.45) is 0 Å². The van der Waals surface area contributed by atoms with Gasteiger partial charge in [0, 0.05) is 22.7 Å². The molecule has 1 aliphatic heterocycles. The lowest BCUT2D eigenvalue weighted by Crippen LogP contribution is -2.38. The summed E-state index contributed by atoms with van der Waals surface area (Å²) in [5, 5.41) is 7.21. The predicted molar refractivity (Wildman–Crippen MR) is 117 cm³/mol. The van der Waals surface area contributed by atoms with E-state index in [9.17, 15) is 12.8 Å². The number of hydrogen-bond acceptors (Lipinski definition) is 8. The maximum Gasteiger partial charge on any atom is 0.230 e. The van der Waals surface area contributed by atoms with Gasteiger partial charge in [0.05, 0.1) is 28.6 Å². The number of rotatable bonds is 4. The van der Waals surface area contributed by atoms with Crippen LogP contribution >= 0.6 is 11.5 Å². The molecule has 1 aromatic carbocycles. The van der Waals surface area contributed by atoms with Gasteiger partial charge in [-0.3, -0.25) is 4.68 Å². The zero-order valence-electron chi connectivity index (χ0n) is 16.3. The molecule has 0 radical (unpaired) electrons. The number of sulfone groups is 1. The van der Waals surface area contributed by atoms with Crippen LogP contribution in [0.3, 0.4) is 0 Å². The van der Waals surface area contributed by atoms with Crippen LogP contribution in [0.15, 0.2) is 58.7 Å². The van der Waals surface area contributed by atoms with E-state index < -0.39 is 9.84 Å². The first-order valence-electron chi connectivity index (χ1n) is 9.68. The second-order valence-electron chi connectivity index (χ2n) is 7.55. The van der Waals surface area contributed by atoms with Crippen LogP contribution in [0, 0.1) is 5.82 Å². The molecule has 5 heterocycles. The van der Waals surface area contributed by atoms with Gasteiger partial charge in [-0.15, -0.1) is 0 Å². The number of fused-ring (bicyclic) bond motifs is 1. The van der Waals surface area contributed by atoms with E-state index in [1.54, 1.807) is 23.0 Å². The molecule has 0 unspecified atom stereocenters. The van der Waals surface area contributed by atoms with Crippen LogP contribution in [0.5, 0.6) is 0 Å². The van der Waals surface area contributed by atoms with Gasteiger partial charge in [-0.25, -0.2) is 22.8 Å². The monoisotopic (exact) mass is 467 g/mol. The van der Waals surface area contributed by atoms with Gasteiger partial charge in [0.15, 0.2) is 15.6 Å². The first-order valence-corrected chi connectivity index (χ1v) is 12.3. The minimum absolute atomic E-state index is 0.0375. The molecule has 11 heteroatoms. The highest BCUT2D eigenvalue weighted by Gasteiger charge is 2.36. The second kappa shape index (κ2) is 7.04. The molecule has 4 aromatic heterocycles. The Labute approximate surface area is 185 Å². The lowest BCUT2D eigenvalue weighted by Gasteiger charge is -2.25. The van der Waals surface area contributed by atoms with E-state index in [4.69, 9.17) is 4.42 Å². The molecule has 0 saturated carbocycles. The third kappa shape index (κ3) is 3.21. The molecule has 0 amide bonds. The highest BCUT2D eigenvalue weighted by molar-refractivity contribution is 7.92. The maximum absolute atomic E-state index is 13.5. The highest BCUT2D eigenvalue weighted by atomic mass is 32.2. The standard InChI is InChI=1S/C21H14FN5O3S2/c22-13-3-1-12(2-4-13)19-16(8-27(25-19)14-9-32(28,29)10-14)20-15-7-18(17-5-6-31-26-17)30-21(15)24-11-23-20/h1-8,11,14H,9-10H2. The lowest BCUT2D eigenvalue weighted by molar-refractivity contribution is 0.474. The van der Waals surface area contributed by atoms with E-state index in [2.05, 4.69) is 19.4 Å². The van der Waals surface area contributed by atoms with Gasteiger partial charge in [-0.05, 0) is 47.9 Å². The van der Waals surface area contributed by atoms with E-state index in [0.29, 0.717) is 45.1 Å². The molecule has 1 aliphatic rings. The fourth-order valence-corrected chi connectivity index (χ4v) is 5.69. The Morgan fingerprint density at radius 1 is 1.09 bits per heavy atom. The summed E-state index contributed by atoms with van der Waals surface area (Å²) in [5.74, 6) is 0.293. The van der Waals surface area contributed by atoms with Crippen LogP contribution in [-0.2, 0) is 9.84 Å². The summed E-state index contributed by atoms with van der Waals surface area (Å²) in [7, 11) is -3.03. The lowest BCUT2D eigenvalue weighted by atomic mass is 10.0. The first kappa shape index (κ1) is 19.3. The van der Waals surface area contributed by atoms with Gasteiger partial charge in [-0.2, -0.15) is 9.47 Å². The fourth-order valence-electron chi connectivity index (χ4n) is 3.80. The summed E-state index contributed by atoms with van der Waals surface area (Å²) in [4.78, 5) is 8.73. The topological polar surface area (TPSA) is 104 Å². The Morgan fingerprint density at radius 2 is 1.91 bits per heavy atom.